The third-order valence-corrected chi connectivity index (χ3v) is 5.41. The number of H-pyrrole nitrogens is 1. The molecule has 0 aliphatic carbocycles. The number of carbonyl (C=O) groups excluding carboxylic acids is 1. The minimum Gasteiger partial charge on any atom is -0.384 e. The number of nitrogen functional groups attached to an aromatic ring is 1. The van der Waals surface area contributed by atoms with Gasteiger partial charge in [-0.15, -0.1) is 0 Å². The van der Waals surface area contributed by atoms with E-state index >= 15 is 0 Å². The lowest BCUT2D eigenvalue weighted by molar-refractivity contribution is -0.132. The number of benzene rings is 1. The van der Waals surface area contributed by atoms with E-state index in [-0.39, 0.29) is 11.8 Å². The van der Waals surface area contributed by atoms with E-state index in [9.17, 15) is 4.79 Å². The maximum Gasteiger partial charge on any atom is 0.222 e. The molecule has 0 spiro atoms. The second-order valence-electron chi connectivity index (χ2n) is 7.33. The van der Waals surface area contributed by atoms with Gasteiger partial charge in [-0.25, -0.2) is 4.98 Å². The van der Waals surface area contributed by atoms with E-state index in [0.29, 0.717) is 12.2 Å². The molecule has 1 fully saturated rings. The summed E-state index contributed by atoms with van der Waals surface area (Å²) in [5, 5.41) is 7.42. The van der Waals surface area contributed by atoms with Gasteiger partial charge in [0, 0.05) is 42.9 Å². The lowest BCUT2D eigenvalue weighted by atomic mass is 9.90. The number of aromatic amines is 1. The van der Waals surface area contributed by atoms with Crippen LogP contribution < -0.4 is 5.73 Å². The van der Waals surface area contributed by atoms with E-state index in [0.717, 1.165) is 49.2 Å². The Kier molecular flexibility index (Phi) is 5.37. The number of hydrogen-bond donors (Lipinski definition) is 2. The molecule has 1 aliphatic rings. The molecule has 6 heteroatoms. The van der Waals surface area contributed by atoms with Crippen LogP contribution in [0, 0.1) is 0 Å². The minimum atomic E-state index is 0.225. The average Bonchev–Trinajstić information content (AvgIpc) is 3.23. The van der Waals surface area contributed by atoms with Crippen LogP contribution in [0.3, 0.4) is 0 Å². The highest BCUT2D eigenvalue weighted by Crippen LogP contribution is 2.33. The molecule has 0 unspecified atom stereocenters. The van der Waals surface area contributed by atoms with Crippen molar-refractivity contribution in [1.29, 1.82) is 0 Å². The smallest absolute Gasteiger partial charge is 0.222 e. The molecular formula is C22H25N5O. The van der Waals surface area contributed by atoms with Crippen molar-refractivity contribution in [3.63, 3.8) is 0 Å². The zero-order chi connectivity index (χ0) is 19.3. The van der Waals surface area contributed by atoms with Crippen LogP contribution in [0.25, 0.3) is 11.1 Å². The number of amides is 1. The van der Waals surface area contributed by atoms with Crippen molar-refractivity contribution in [2.24, 2.45) is 0 Å². The van der Waals surface area contributed by atoms with Gasteiger partial charge in [0.1, 0.15) is 5.82 Å². The SMILES string of the molecule is Nc1cc(-c2cn[nH]c2[C@H]2CCCN(C(=O)CCc3ccccc3)C2)ccn1. The number of hydrogen-bond acceptors (Lipinski definition) is 4. The normalized spacial score (nSPS) is 16.9. The number of rotatable bonds is 5. The number of nitrogens with zero attached hydrogens (tertiary/aromatic N) is 3. The number of nitrogens with two attached hydrogens (primary N) is 1. The van der Waals surface area contributed by atoms with Gasteiger partial charge in [0.15, 0.2) is 0 Å². The Morgan fingerprint density at radius 2 is 2.11 bits per heavy atom. The molecule has 0 bridgehead atoms. The van der Waals surface area contributed by atoms with Crippen LogP contribution in [0.2, 0.25) is 0 Å². The summed E-state index contributed by atoms with van der Waals surface area (Å²) < 4.78 is 0. The van der Waals surface area contributed by atoms with Crippen molar-refractivity contribution in [1.82, 2.24) is 20.1 Å². The Bertz CT molecular complexity index is 937. The zero-order valence-corrected chi connectivity index (χ0v) is 15.8. The molecule has 1 aromatic carbocycles. The van der Waals surface area contributed by atoms with Gasteiger partial charge in [-0.1, -0.05) is 30.3 Å². The first kappa shape index (κ1) is 18.2. The fourth-order valence-electron chi connectivity index (χ4n) is 3.95. The summed E-state index contributed by atoms with van der Waals surface area (Å²) in [7, 11) is 0. The second-order valence-corrected chi connectivity index (χ2v) is 7.33. The van der Waals surface area contributed by atoms with Crippen LogP contribution >= 0.6 is 0 Å². The van der Waals surface area contributed by atoms with Gasteiger partial charge in [-0.05, 0) is 42.5 Å². The Morgan fingerprint density at radius 3 is 2.93 bits per heavy atom. The monoisotopic (exact) mass is 375 g/mol. The zero-order valence-electron chi connectivity index (χ0n) is 15.8. The van der Waals surface area contributed by atoms with Gasteiger partial charge in [0.2, 0.25) is 5.91 Å². The third-order valence-electron chi connectivity index (χ3n) is 5.41. The van der Waals surface area contributed by atoms with Crippen LogP contribution in [0.4, 0.5) is 5.82 Å². The number of pyridine rings is 1. The van der Waals surface area contributed by atoms with Crippen molar-refractivity contribution in [3.05, 3.63) is 66.1 Å². The van der Waals surface area contributed by atoms with Crippen molar-refractivity contribution in [2.45, 2.75) is 31.6 Å². The lowest BCUT2D eigenvalue weighted by Crippen LogP contribution is -2.39. The number of aromatic nitrogens is 3. The van der Waals surface area contributed by atoms with E-state index in [1.165, 1.54) is 5.56 Å². The van der Waals surface area contributed by atoms with Crippen molar-refractivity contribution in [3.8, 4) is 11.1 Å². The van der Waals surface area contributed by atoms with Crippen molar-refractivity contribution in [2.75, 3.05) is 18.8 Å². The number of anilines is 1. The van der Waals surface area contributed by atoms with Gasteiger partial charge in [-0.2, -0.15) is 5.10 Å². The summed E-state index contributed by atoms with van der Waals surface area (Å²) >= 11 is 0. The number of carbonyl (C=O) groups is 1. The summed E-state index contributed by atoms with van der Waals surface area (Å²) in [5.41, 5.74) is 10.2. The third kappa shape index (κ3) is 4.06. The van der Waals surface area contributed by atoms with Crippen molar-refractivity contribution >= 4 is 11.7 Å². The van der Waals surface area contributed by atoms with Crippen LogP contribution in [0.15, 0.2) is 54.9 Å². The van der Waals surface area contributed by atoms with Gasteiger partial charge in [0.25, 0.3) is 0 Å². The van der Waals surface area contributed by atoms with Crippen LogP contribution in [-0.4, -0.2) is 39.1 Å². The molecule has 0 saturated carbocycles. The molecular weight excluding hydrogens is 350 g/mol. The minimum absolute atomic E-state index is 0.225. The number of nitrogens with one attached hydrogen (secondary N) is 1. The molecule has 144 valence electrons. The molecule has 1 atom stereocenters. The van der Waals surface area contributed by atoms with Crippen LogP contribution in [0.5, 0.6) is 0 Å². The Hall–Kier alpha value is -3.15. The number of likely N-dealkylation sites (tertiary alicyclic amines) is 1. The quantitative estimate of drug-likeness (QED) is 0.715. The molecule has 3 aromatic rings. The van der Waals surface area contributed by atoms with Gasteiger partial charge in [-0.3, -0.25) is 9.89 Å². The molecule has 1 aliphatic heterocycles. The number of aryl methyl sites for hydroxylation is 1. The molecule has 3 N–H and O–H groups in total. The molecule has 4 rings (SSSR count). The highest BCUT2D eigenvalue weighted by molar-refractivity contribution is 5.77. The van der Waals surface area contributed by atoms with Crippen LogP contribution in [0.1, 0.15) is 36.4 Å². The molecule has 28 heavy (non-hydrogen) atoms. The Morgan fingerprint density at radius 1 is 1.25 bits per heavy atom. The van der Waals surface area contributed by atoms with E-state index in [1.807, 2.05) is 41.4 Å². The van der Waals surface area contributed by atoms with Crippen LogP contribution in [-0.2, 0) is 11.2 Å². The Labute approximate surface area is 164 Å². The topological polar surface area (TPSA) is 87.9 Å². The molecule has 0 radical (unpaired) electrons. The second kappa shape index (κ2) is 8.25. The number of piperidine rings is 1. The molecule has 1 saturated heterocycles. The predicted molar refractivity (Wildman–Crippen MR) is 110 cm³/mol. The van der Waals surface area contributed by atoms with E-state index in [2.05, 4.69) is 27.3 Å². The summed E-state index contributed by atoms with van der Waals surface area (Å²) in [6.45, 7) is 1.55. The van der Waals surface area contributed by atoms with E-state index in [4.69, 9.17) is 5.73 Å². The largest absolute Gasteiger partial charge is 0.384 e. The molecule has 3 heterocycles. The summed E-state index contributed by atoms with van der Waals surface area (Å²) in [6.07, 6.45) is 6.92. The maximum atomic E-state index is 12.8. The maximum absolute atomic E-state index is 12.8. The fourth-order valence-corrected chi connectivity index (χ4v) is 3.95. The highest BCUT2D eigenvalue weighted by Gasteiger charge is 2.27. The summed E-state index contributed by atoms with van der Waals surface area (Å²) in [5.74, 6) is 0.968. The summed E-state index contributed by atoms with van der Waals surface area (Å²) in [6, 6.07) is 14.0. The van der Waals surface area contributed by atoms with Gasteiger partial charge < -0.3 is 10.6 Å². The molecule has 2 aromatic heterocycles. The average molecular weight is 375 g/mol. The fraction of sp³-hybridized carbons (Fsp3) is 0.318. The first-order valence-electron chi connectivity index (χ1n) is 9.77. The van der Waals surface area contributed by atoms with Crippen molar-refractivity contribution < 1.29 is 4.79 Å². The first-order chi connectivity index (χ1) is 13.7. The molecule has 6 nitrogen and oxygen atoms in total. The lowest BCUT2D eigenvalue weighted by Gasteiger charge is -2.33. The standard InChI is InChI=1S/C22H25N5O/c23-20-13-17(10-11-24-20)19-14-25-26-22(19)18-7-4-12-27(15-18)21(28)9-8-16-5-2-1-3-6-16/h1-3,5-6,10-11,13-14,18H,4,7-9,12,15H2,(H2,23,24)(H,25,26)/t18-/m0/s1. The van der Waals surface area contributed by atoms with Gasteiger partial charge in [0.05, 0.1) is 6.20 Å². The van der Waals surface area contributed by atoms with Gasteiger partial charge >= 0.3 is 0 Å². The Balaban J connectivity index is 1.44. The highest BCUT2D eigenvalue weighted by atomic mass is 16.2. The first-order valence-corrected chi connectivity index (χ1v) is 9.77. The molecule has 1 amide bonds. The predicted octanol–water partition coefficient (Wildman–Crippen LogP) is 3.39. The van der Waals surface area contributed by atoms with E-state index in [1.54, 1.807) is 6.20 Å². The summed E-state index contributed by atoms with van der Waals surface area (Å²) in [4.78, 5) is 18.8. The van der Waals surface area contributed by atoms with E-state index < -0.39 is 0 Å².